The number of urea groups is 1. The number of hydrogen-bond acceptors (Lipinski definition) is 6. The fourth-order valence-electron chi connectivity index (χ4n) is 3.15. The highest BCUT2D eigenvalue weighted by atomic mass is 35.5. The van der Waals surface area contributed by atoms with Gasteiger partial charge in [-0.25, -0.2) is 9.78 Å². The van der Waals surface area contributed by atoms with Crippen molar-refractivity contribution < 1.29 is 14.0 Å². The molecule has 2 heterocycles. The Morgan fingerprint density at radius 2 is 2.00 bits per heavy atom. The van der Waals surface area contributed by atoms with Gasteiger partial charge in [0, 0.05) is 5.02 Å². The Bertz CT molecular complexity index is 1390. The lowest BCUT2D eigenvalue weighted by molar-refractivity contribution is -0.117. The van der Waals surface area contributed by atoms with Crippen LogP contribution in [0.1, 0.15) is 11.3 Å². The number of thioether (sulfide) groups is 1. The number of carbonyl (C=O) groups excluding carboxylic acids is 2. The Balaban J connectivity index is 1.55. The van der Waals surface area contributed by atoms with E-state index in [4.69, 9.17) is 16.0 Å². The molecular formula is C23H19ClN4O4S. The molecule has 2 N–H and O–H groups in total. The number of carbonyl (C=O) groups is 2. The molecule has 3 amide bonds. The fraction of sp³-hybridized carbons (Fsp3) is 0.130. The van der Waals surface area contributed by atoms with E-state index in [-0.39, 0.29) is 17.9 Å². The molecule has 0 aliphatic carbocycles. The van der Waals surface area contributed by atoms with E-state index in [2.05, 4.69) is 15.6 Å². The Labute approximate surface area is 198 Å². The Morgan fingerprint density at radius 3 is 2.76 bits per heavy atom. The molecule has 168 valence electrons. The molecule has 0 unspecified atom stereocenters. The number of furan rings is 1. The smallest absolute Gasteiger partial charge is 0.321 e. The number of amides is 3. The van der Waals surface area contributed by atoms with Crippen LogP contribution in [0.4, 0.5) is 4.79 Å². The summed E-state index contributed by atoms with van der Waals surface area (Å²) in [7, 11) is 0. The quantitative estimate of drug-likeness (QED) is 0.317. The van der Waals surface area contributed by atoms with Crippen molar-refractivity contribution in [2.24, 2.45) is 0 Å². The SMILES string of the molecule is Cc1cccc(-n2c(SCC(=O)NC(=O)NCc3ccco3)nc3cc(Cl)ccc3c2=O)c1. The van der Waals surface area contributed by atoms with E-state index < -0.39 is 11.9 Å². The molecule has 10 heteroatoms. The summed E-state index contributed by atoms with van der Waals surface area (Å²) in [4.78, 5) is 42.2. The zero-order valence-corrected chi connectivity index (χ0v) is 19.1. The number of imide groups is 1. The molecule has 0 fully saturated rings. The summed E-state index contributed by atoms with van der Waals surface area (Å²) >= 11 is 7.13. The Hall–Kier alpha value is -3.56. The molecule has 0 saturated carbocycles. The van der Waals surface area contributed by atoms with Crippen LogP contribution in [0.2, 0.25) is 5.02 Å². The first-order chi connectivity index (χ1) is 15.9. The van der Waals surface area contributed by atoms with Crippen molar-refractivity contribution in [2.75, 3.05) is 5.75 Å². The van der Waals surface area contributed by atoms with Gasteiger partial charge in [-0.15, -0.1) is 0 Å². The van der Waals surface area contributed by atoms with E-state index >= 15 is 0 Å². The average Bonchev–Trinajstić information content (AvgIpc) is 3.30. The van der Waals surface area contributed by atoms with Crippen molar-refractivity contribution >= 4 is 46.2 Å². The predicted molar refractivity (Wildman–Crippen MR) is 127 cm³/mol. The van der Waals surface area contributed by atoms with Crippen LogP contribution in [0.5, 0.6) is 0 Å². The van der Waals surface area contributed by atoms with Crippen LogP contribution in [-0.2, 0) is 11.3 Å². The number of fused-ring (bicyclic) bond motifs is 1. The van der Waals surface area contributed by atoms with E-state index in [1.165, 1.54) is 10.8 Å². The monoisotopic (exact) mass is 482 g/mol. The summed E-state index contributed by atoms with van der Waals surface area (Å²) in [6, 6.07) is 15.0. The highest BCUT2D eigenvalue weighted by Gasteiger charge is 2.16. The molecule has 0 aliphatic rings. The highest BCUT2D eigenvalue weighted by Crippen LogP contribution is 2.23. The molecule has 33 heavy (non-hydrogen) atoms. The van der Waals surface area contributed by atoms with Gasteiger partial charge < -0.3 is 9.73 Å². The first-order valence-electron chi connectivity index (χ1n) is 9.93. The molecule has 0 saturated heterocycles. The number of rotatable bonds is 6. The summed E-state index contributed by atoms with van der Waals surface area (Å²) in [5.41, 5.74) is 1.75. The van der Waals surface area contributed by atoms with Gasteiger partial charge in [0.1, 0.15) is 5.76 Å². The molecule has 4 rings (SSSR count). The summed E-state index contributed by atoms with van der Waals surface area (Å²) in [5, 5.41) is 5.96. The van der Waals surface area contributed by atoms with Crippen LogP contribution in [0, 0.1) is 6.92 Å². The van der Waals surface area contributed by atoms with Gasteiger partial charge in [-0.1, -0.05) is 35.5 Å². The van der Waals surface area contributed by atoms with Crippen molar-refractivity contribution in [3.05, 3.63) is 87.6 Å². The highest BCUT2D eigenvalue weighted by molar-refractivity contribution is 7.99. The average molecular weight is 483 g/mol. The normalized spacial score (nSPS) is 10.8. The van der Waals surface area contributed by atoms with Crippen LogP contribution >= 0.6 is 23.4 Å². The maximum absolute atomic E-state index is 13.3. The number of halogens is 1. The molecule has 2 aromatic carbocycles. The molecular weight excluding hydrogens is 464 g/mol. The topological polar surface area (TPSA) is 106 Å². The zero-order chi connectivity index (χ0) is 23.4. The number of aryl methyl sites for hydroxylation is 1. The van der Waals surface area contributed by atoms with Gasteiger partial charge in [0.25, 0.3) is 5.56 Å². The lowest BCUT2D eigenvalue weighted by Gasteiger charge is -2.14. The minimum absolute atomic E-state index is 0.126. The third-order valence-corrected chi connectivity index (χ3v) is 5.82. The van der Waals surface area contributed by atoms with Gasteiger partial charge in [-0.3, -0.25) is 19.5 Å². The third kappa shape index (κ3) is 5.44. The van der Waals surface area contributed by atoms with Crippen molar-refractivity contribution in [3.63, 3.8) is 0 Å². The van der Waals surface area contributed by atoms with E-state index in [0.717, 1.165) is 17.3 Å². The van der Waals surface area contributed by atoms with Gasteiger partial charge in [0.15, 0.2) is 5.16 Å². The standard InChI is InChI=1S/C23H19ClN4O4S/c1-14-4-2-5-16(10-14)28-21(30)18-8-7-15(24)11-19(18)26-23(28)33-13-20(29)27-22(31)25-12-17-6-3-9-32-17/h2-11H,12-13H2,1H3,(H2,25,27,29,31). The van der Waals surface area contributed by atoms with Crippen molar-refractivity contribution in [3.8, 4) is 5.69 Å². The second kappa shape index (κ2) is 9.93. The molecule has 2 aromatic heterocycles. The molecule has 0 radical (unpaired) electrons. The van der Waals surface area contributed by atoms with Crippen LogP contribution in [0.15, 0.2) is 75.2 Å². The number of hydrogen-bond donors (Lipinski definition) is 2. The molecule has 4 aromatic rings. The van der Waals surface area contributed by atoms with Crippen LogP contribution in [0.25, 0.3) is 16.6 Å². The first kappa shape index (κ1) is 22.6. The van der Waals surface area contributed by atoms with E-state index in [9.17, 15) is 14.4 Å². The number of nitrogens with one attached hydrogen (secondary N) is 2. The van der Waals surface area contributed by atoms with Crippen molar-refractivity contribution in [2.45, 2.75) is 18.6 Å². The van der Waals surface area contributed by atoms with Gasteiger partial charge in [-0.2, -0.15) is 0 Å². The van der Waals surface area contributed by atoms with Crippen LogP contribution in [-0.4, -0.2) is 27.2 Å². The Morgan fingerprint density at radius 1 is 1.15 bits per heavy atom. The number of aromatic nitrogens is 2. The lowest BCUT2D eigenvalue weighted by Crippen LogP contribution is -2.40. The van der Waals surface area contributed by atoms with Crippen molar-refractivity contribution in [1.82, 2.24) is 20.2 Å². The van der Waals surface area contributed by atoms with E-state index in [1.54, 1.807) is 36.4 Å². The zero-order valence-electron chi connectivity index (χ0n) is 17.5. The lowest BCUT2D eigenvalue weighted by atomic mass is 10.2. The maximum atomic E-state index is 13.3. The third-order valence-electron chi connectivity index (χ3n) is 4.65. The summed E-state index contributed by atoms with van der Waals surface area (Å²) < 4.78 is 6.59. The summed E-state index contributed by atoms with van der Waals surface area (Å²) in [5.74, 6) is -0.0975. The van der Waals surface area contributed by atoms with Crippen molar-refractivity contribution in [1.29, 1.82) is 0 Å². The van der Waals surface area contributed by atoms with E-state index in [1.807, 2.05) is 25.1 Å². The molecule has 0 spiro atoms. The maximum Gasteiger partial charge on any atom is 0.321 e. The van der Waals surface area contributed by atoms with Gasteiger partial charge in [0.05, 0.1) is 35.2 Å². The molecule has 0 atom stereocenters. The Kier molecular flexibility index (Phi) is 6.81. The van der Waals surface area contributed by atoms with Crippen LogP contribution in [0.3, 0.4) is 0 Å². The van der Waals surface area contributed by atoms with E-state index in [0.29, 0.717) is 32.5 Å². The largest absolute Gasteiger partial charge is 0.467 e. The van der Waals surface area contributed by atoms with Gasteiger partial charge in [0.2, 0.25) is 5.91 Å². The molecule has 0 aliphatic heterocycles. The second-order valence-corrected chi connectivity index (χ2v) is 8.51. The molecule has 8 nitrogen and oxygen atoms in total. The second-order valence-electron chi connectivity index (χ2n) is 7.13. The number of nitrogens with zero attached hydrogens (tertiary/aromatic N) is 2. The fourth-order valence-corrected chi connectivity index (χ4v) is 4.13. The predicted octanol–water partition coefficient (Wildman–Crippen LogP) is 4.06. The van der Waals surface area contributed by atoms with Crippen LogP contribution < -0.4 is 16.2 Å². The first-order valence-corrected chi connectivity index (χ1v) is 11.3. The van der Waals surface area contributed by atoms with Gasteiger partial charge in [-0.05, 0) is 55.0 Å². The number of benzene rings is 2. The van der Waals surface area contributed by atoms with Gasteiger partial charge >= 0.3 is 6.03 Å². The summed E-state index contributed by atoms with van der Waals surface area (Å²) in [6.45, 7) is 2.07. The molecule has 0 bridgehead atoms. The minimum atomic E-state index is -0.647. The minimum Gasteiger partial charge on any atom is -0.467 e. The summed E-state index contributed by atoms with van der Waals surface area (Å²) in [6.07, 6.45) is 1.49.